The maximum Gasteiger partial charge on any atom is 0.335 e. The summed E-state index contributed by atoms with van der Waals surface area (Å²) >= 11 is 0. The minimum atomic E-state index is -2.27. The number of morpholine rings is 2. The SMILES string of the molecule is COc1ccc(-c2ccc3c(N4CCOCC4C)nc(N4CCOCC4C)nc3n2)cc1CO.O=C(O)C(O)C(O)C(=O)O. The number of carboxylic acid groups (broad SMARTS) is 2. The van der Waals surface area contributed by atoms with Crippen molar-refractivity contribution >= 4 is 34.7 Å². The summed E-state index contributed by atoms with van der Waals surface area (Å²) in [4.78, 5) is 38.9. The summed E-state index contributed by atoms with van der Waals surface area (Å²) in [6.45, 7) is 8.31. The van der Waals surface area contributed by atoms with E-state index in [4.69, 9.17) is 49.6 Å². The number of rotatable bonds is 8. The van der Waals surface area contributed by atoms with E-state index in [-0.39, 0.29) is 18.7 Å². The van der Waals surface area contributed by atoms with Crippen LogP contribution >= 0.6 is 0 Å². The number of aliphatic hydroxyl groups excluding tert-OH is 3. The molecule has 1 aromatic carbocycles. The summed E-state index contributed by atoms with van der Waals surface area (Å²) in [5.74, 6) is -1.32. The number of aromatic nitrogens is 3. The number of carboxylic acids is 2. The smallest absolute Gasteiger partial charge is 0.335 e. The minimum Gasteiger partial charge on any atom is -0.496 e. The first kappa shape index (κ1) is 32.8. The number of hydrogen-bond acceptors (Lipinski definition) is 13. The van der Waals surface area contributed by atoms with E-state index < -0.39 is 24.1 Å². The van der Waals surface area contributed by atoms with Gasteiger partial charge in [0.05, 0.1) is 63.3 Å². The Bertz CT molecular complexity index is 1460. The van der Waals surface area contributed by atoms with Gasteiger partial charge in [0.2, 0.25) is 5.95 Å². The molecule has 2 saturated heterocycles. The van der Waals surface area contributed by atoms with E-state index in [1.807, 2.05) is 30.3 Å². The van der Waals surface area contributed by atoms with Crippen LogP contribution in [0.5, 0.6) is 5.75 Å². The second-order valence-electron chi connectivity index (χ2n) is 10.4. The van der Waals surface area contributed by atoms with Gasteiger partial charge in [-0.1, -0.05) is 0 Å². The van der Waals surface area contributed by atoms with E-state index in [2.05, 4.69) is 23.6 Å². The number of anilines is 2. The molecule has 2 fully saturated rings. The molecule has 4 heterocycles. The molecule has 3 aromatic rings. The number of methoxy groups -OCH3 is 1. The highest BCUT2D eigenvalue weighted by Gasteiger charge is 2.30. The van der Waals surface area contributed by atoms with E-state index >= 15 is 0 Å². The summed E-state index contributed by atoms with van der Waals surface area (Å²) in [7, 11) is 1.60. The normalized spacial score (nSPS) is 20.0. The van der Waals surface area contributed by atoms with Gasteiger partial charge in [-0.3, -0.25) is 0 Å². The van der Waals surface area contributed by atoms with Crippen LogP contribution in [0.1, 0.15) is 19.4 Å². The fraction of sp³-hybridized carbons (Fsp3) is 0.483. The lowest BCUT2D eigenvalue weighted by molar-refractivity contribution is -0.165. The van der Waals surface area contributed by atoms with Crippen molar-refractivity contribution in [3.8, 4) is 17.0 Å². The van der Waals surface area contributed by atoms with Crippen LogP contribution in [0.2, 0.25) is 0 Å². The van der Waals surface area contributed by atoms with Gasteiger partial charge in [0, 0.05) is 24.2 Å². The highest BCUT2D eigenvalue weighted by atomic mass is 16.5. The predicted molar refractivity (Wildman–Crippen MR) is 158 cm³/mol. The Hall–Kier alpha value is -4.15. The molecule has 15 nitrogen and oxygen atoms in total. The molecular weight excluding hydrogens is 578 g/mol. The van der Waals surface area contributed by atoms with Crippen LogP contribution in [-0.2, 0) is 25.7 Å². The topological polar surface area (TPSA) is 208 Å². The van der Waals surface area contributed by atoms with Crippen LogP contribution < -0.4 is 14.5 Å². The summed E-state index contributed by atoms with van der Waals surface area (Å²) in [5, 5.41) is 43.2. The standard InChI is InChI=1S/C25H31N5O4.C4H6O6/c1-16-14-33-10-8-29(16)24-20-5-6-21(18-4-7-22(32-3)19(12-18)13-31)26-23(20)27-25(28-24)30-9-11-34-15-17(30)2;5-1(3(7)8)2(6)4(9)10/h4-7,12,16-17,31H,8-11,13-15H2,1-3H3;1-2,5-6H,(H,7,8)(H,9,10). The molecule has 2 aromatic heterocycles. The first-order valence-corrected chi connectivity index (χ1v) is 14.0. The van der Waals surface area contributed by atoms with E-state index in [0.717, 1.165) is 41.1 Å². The van der Waals surface area contributed by atoms with Crippen LogP contribution in [0, 0.1) is 0 Å². The van der Waals surface area contributed by atoms with Gasteiger partial charge in [-0.25, -0.2) is 14.6 Å². The van der Waals surface area contributed by atoms with E-state index in [0.29, 0.717) is 43.8 Å². The molecule has 0 spiro atoms. The molecule has 15 heteroatoms. The van der Waals surface area contributed by atoms with Crippen molar-refractivity contribution < 1.29 is 49.3 Å². The Balaban J connectivity index is 0.000000382. The number of aliphatic carboxylic acids is 2. The van der Waals surface area contributed by atoms with Crippen molar-refractivity contribution in [2.45, 2.75) is 44.7 Å². The largest absolute Gasteiger partial charge is 0.496 e. The molecule has 4 unspecified atom stereocenters. The molecule has 2 aliphatic heterocycles. The molecule has 44 heavy (non-hydrogen) atoms. The van der Waals surface area contributed by atoms with Crippen LogP contribution in [-0.4, -0.2) is 123 Å². The lowest BCUT2D eigenvalue weighted by Crippen LogP contribution is -2.46. The zero-order chi connectivity index (χ0) is 32.0. The van der Waals surface area contributed by atoms with Crippen molar-refractivity contribution in [1.29, 1.82) is 0 Å². The highest BCUT2D eigenvalue weighted by molar-refractivity contribution is 5.90. The fourth-order valence-electron chi connectivity index (χ4n) is 4.89. The summed E-state index contributed by atoms with van der Waals surface area (Å²) < 4.78 is 16.7. The average Bonchev–Trinajstić information content (AvgIpc) is 3.03. The molecule has 0 saturated carbocycles. The second kappa shape index (κ2) is 14.5. The Kier molecular flexibility index (Phi) is 10.8. The van der Waals surface area contributed by atoms with Crippen LogP contribution in [0.3, 0.4) is 0 Å². The van der Waals surface area contributed by atoms with Gasteiger partial charge in [-0.2, -0.15) is 9.97 Å². The van der Waals surface area contributed by atoms with Crippen LogP contribution in [0.15, 0.2) is 30.3 Å². The number of hydrogen-bond donors (Lipinski definition) is 5. The summed E-state index contributed by atoms with van der Waals surface area (Å²) in [5.41, 5.74) is 3.05. The number of ether oxygens (including phenoxy) is 3. The van der Waals surface area contributed by atoms with E-state index in [9.17, 15) is 14.7 Å². The van der Waals surface area contributed by atoms with Gasteiger partial charge in [0.25, 0.3) is 0 Å². The quantitative estimate of drug-likeness (QED) is 0.234. The second-order valence-corrected chi connectivity index (χ2v) is 10.4. The third-order valence-corrected chi connectivity index (χ3v) is 7.34. The number of carbonyl (C=O) groups is 2. The first-order valence-electron chi connectivity index (χ1n) is 14.0. The van der Waals surface area contributed by atoms with Crippen molar-refractivity contribution in [3.05, 3.63) is 35.9 Å². The molecule has 5 N–H and O–H groups in total. The van der Waals surface area contributed by atoms with E-state index in [1.54, 1.807) is 7.11 Å². The van der Waals surface area contributed by atoms with E-state index in [1.165, 1.54) is 0 Å². The average molecular weight is 616 g/mol. The molecule has 0 aliphatic carbocycles. The Morgan fingerprint density at radius 2 is 1.55 bits per heavy atom. The molecule has 238 valence electrons. The third kappa shape index (κ3) is 7.31. The maximum absolute atomic E-state index is 9.77. The van der Waals surface area contributed by atoms with Crippen molar-refractivity contribution in [2.24, 2.45) is 0 Å². The molecule has 0 amide bonds. The van der Waals surface area contributed by atoms with Gasteiger partial charge in [-0.15, -0.1) is 0 Å². The van der Waals surface area contributed by atoms with Crippen LogP contribution in [0.25, 0.3) is 22.3 Å². The Morgan fingerprint density at radius 1 is 0.932 bits per heavy atom. The van der Waals surface area contributed by atoms with Crippen molar-refractivity contribution in [3.63, 3.8) is 0 Å². The molecule has 5 rings (SSSR count). The van der Waals surface area contributed by atoms with Crippen molar-refractivity contribution in [2.75, 3.05) is 56.4 Å². The number of benzene rings is 1. The summed E-state index contributed by atoms with van der Waals surface area (Å²) in [6, 6.07) is 10.1. The van der Waals surface area contributed by atoms with Gasteiger partial charge < -0.3 is 49.5 Å². The fourth-order valence-corrected chi connectivity index (χ4v) is 4.89. The number of pyridine rings is 1. The molecule has 0 bridgehead atoms. The Morgan fingerprint density at radius 3 is 2.09 bits per heavy atom. The number of aliphatic hydroxyl groups is 3. The number of nitrogens with zero attached hydrogens (tertiary/aromatic N) is 5. The first-order chi connectivity index (χ1) is 21.0. The number of fused-ring (bicyclic) bond motifs is 1. The third-order valence-electron chi connectivity index (χ3n) is 7.34. The lowest BCUT2D eigenvalue weighted by Gasteiger charge is -2.37. The molecule has 2 aliphatic rings. The molecular formula is C29H37N5O10. The lowest BCUT2D eigenvalue weighted by atomic mass is 10.1. The van der Waals surface area contributed by atoms with Gasteiger partial charge in [0.1, 0.15) is 11.6 Å². The molecule has 4 atom stereocenters. The van der Waals surface area contributed by atoms with Gasteiger partial charge >= 0.3 is 11.9 Å². The Labute approximate surface area is 253 Å². The minimum absolute atomic E-state index is 0.106. The van der Waals surface area contributed by atoms with Gasteiger partial charge in [-0.05, 0) is 44.2 Å². The van der Waals surface area contributed by atoms with Crippen molar-refractivity contribution in [1.82, 2.24) is 15.0 Å². The van der Waals surface area contributed by atoms with Gasteiger partial charge in [0.15, 0.2) is 17.9 Å². The summed E-state index contributed by atoms with van der Waals surface area (Å²) in [6.07, 6.45) is -4.53. The monoisotopic (exact) mass is 615 g/mol. The van der Waals surface area contributed by atoms with Crippen LogP contribution in [0.4, 0.5) is 11.8 Å². The zero-order valence-corrected chi connectivity index (χ0v) is 24.7. The predicted octanol–water partition coefficient (Wildman–Crippen LogP) is 0.520. The zero-order valence-electron chi connectivity index (χ0n) is 24.7. The maximum atomic E-state index is 9.77. The highest BCUT2D eigenvalue weighted by Crippen LogP contribution is 2.32. The molecule has 0 radical (unpaired) electrons.